The highest BCUT2D eigenvalue weighted by Crippen LogP contribution is 2.31. The first kappa shape index (κ1) is 19.0. The van der Waals surface area contributed by atoms with Crippen molar-refractivity contribution in [3.8, 4) is 0 Å². The molecule has 3 heterocycles. The number of aromatic nitrogens is 3. The zero-order valence-electron chi connectivity index (χ0n) is 16.1. The Labute approximate surface area is 167 Å². The molecule has 0 unspecified atom stereocenters. The van der Waals surface area contributed by atoms with Crippen molar-refractivity contribution in [2.45, 2.75) is 31.7 Å². The molecule has 150 valence electrons. The van der Waals surface area contributed by atoms with Crippen LogP contribution >= 0.6 is 0 Å². The summed E-state index contributed by atoms with van der Waals surface area (Å²) in [7, 11) is 1.56. The van der Waals surface area contributed by atoms with Crippen molar-refractivity contribution in [1.29, 1.82) is 0 Å². The molecule has 2 amide bonds. The lowest BCUT2D eigenvalue weighted by Gasteiger charge is -2.36. The quantitative estimate of drug-likeness (QED) is 0.736. The SMILES string of the molecule is CNC(=O)c1cnn2c([C@H]3CCCCN3C(=O)Cc3ccc(F)cc3)ccnc12. The van der Waals surface area contributed by atoms with E-state index in [9.17, 15) is 14.0 Å². The van der Waals surface area contributed by atoms with Gasteiger partial charge < -0.3 is 10.2 Å². The molecule has 7 nitrogen and oxygen atoms in total. The molecule has 0 radical (unpaired) electrons. The van der Waals surface area contributed by atoms with Crippen molar-refractivity contribution < 1.29 is 14.0 Å². The minimum atomic E-state index is -0.318. The number of amides is 2. The summed E-state index contributed by atoms with van der Waals surface area (Å²) in [5.74, 6) is -0.579. The van der Waals surface area contributed by atoms with Crippen LogP contribution in [0.2, 0.25) is 0 Å². The van der Waals surface area contributed by atoms with Gasteiger partial charge in [0, 0.05) is 19.8 Å². The van der Waals surface area contributed by atoms with Gasteiger partial charge in [0.05, 0.1) is 24.4 Å². The second-order valence-electron chi connectivity index (χ2n) is 7.14. The zero-order chi connectivity index (χ0) is 20.4. The standard InChI is InChI=1S/C21H22FN5O2/c1-23-21(29)16-13-25-27-18(9-10-24-20(16)27)17-4-2-3-11-26(17)19(28)12-14-5-7-15(22)8-6-14/h5-10,13,17H,2-4,11-12H2,1H3,(H,23,29)/t17-/m1/s1. The largest absolute Gasteiger partial charge is 0.355 e. The summed E-state index contributed by atoms with van der Waals surface area (Å²) in [6.45, 7) is 0.651. The van der Waals surface area contributed by atoms with Gasteiger partial charge in [0.2, 0.25) is 5.91 Å². The van der Waals surface area contributed by atoms with Crippen molar-refractivity contribution in [3.05, 3.63) is 65.4 Å². The second kappa shape index (κ2) is 7.98. The summed E-state index contributed by atoms with van der Waals surface area (Å²) >= 11 is 0. The van der Waals surface area contributed by atoms with Gasteiger partial charge in [-0.3, -0.25) is 9.59 Å². The van der Waals surface area contributed by atoms with Crippen LogP contribution < -0.4 is 5.32 Å². The lowest BCUT2D eigenvalue weighted by atomic mass is 9.98. The van der Waals surface area contributed by atoms with Crippen molar-refractivity contribution >= 4 is 17.5 Å². The number of carbonyl (C=O) groups excluding carboxylic acids is 2. The first-order valence-corrected chi connectivity index (χ1v) is 9.67. The fourth-order valence-corrected chi connectivity index (χ4v) is 3.87. The van der Waals surface area contributed by atoms with Crippen LogP contribution in [0.4, 0.5) is 4.39 Å². The van der Waals surface area contributed by atoms with Gasteiger partial charge in [0.25, 0.3) is 5.91 Å². The lowest BCUT2D eigenvalue weighted by Crippen LogP contribution is -2.40. The average molecular weight is 395 g/mol. The molecule has 1 saturated heterocycles. The normalized spacial score (nSPS) is 16.8. The van der Waals surface area contributed by atoms with Crippen LogP contribution in [0.3, 0.4) is 0 Å². The first-order valence-electron chi connectivity index (χ1n) is 9.67. The Bertz CT molecular complexity index is 1050. The monoisotopic (exact) mass is 395 g/mol. The zero-order valence-corrected chi connectivity index (χ0v) is 16.1. The van der Waals surface area contributed by atoms with Gasteiger partial charge in [-0.25, -0.2) is 13.9 Å². The maximum absolute atomic E-state index is 13.2. The smallest absolute Gasteiger partial charge is 0.256 e. The molecule has 29 heavy (non-hydrogen) atoms. The Kier molecular flexibility index (Phi) is 5.24. The summed E-state index contributed by atoms with van der Waals surface area (Å²) in [6.07, 6.45) is 6.10. The summed E-state index contributed by atoms with van der Waals surface area (Å²) in [5, 5.41) is 6.96. The van der Waals surface area contributed by atoms with Gasteiger partial charge in [0.1, 0.15) is 11.4 Å². The molecule has 3 aromatic rings. The Hall–Kier alpha value is -3.29. The number of halogens is 1. The number of nitrogens with one attached hydrogen (secondary N) is 1. The highest BCUT2D eigenvalue weighted by Gasteiger charge is 2.30. The van der Waals surface area contributed by atoms with Gasteiger partial charge in [-0.05, 0) is 43.0 Å². The molecule has 1 aromatic carbocycles. The van der Waals surface area contributed by atoms with Crippen LogP contribution in [0.1, 0.15) is 46.9 Å². The average Bonchev–Trinajstić information content (AvgIpc) is 3.19. The minimum Gasteiger partial charge on any atom is -0.355 e. The number of rotatable bonds is 4. The Morgan fingerprint density at radius 1 is 1.21 bits per heavy atom. The molecular weight excluding hydrogens is 373 g/mol. The van der Waals surface area contributed by atoms with Crippen molar-refractivity contribution in [1.82, 2.24) is 24.8 Å². The molecule has 1 N–H and O–H groups in total. The number of hydrogen-bond donors (Lipinski definition) is 1. The highest BCUT2D eigenvalue weighted by atomic mass is 19.1. The van der Waals surface area contributed by atoms with Crippen molar-refractivity contribution in [2.24, 2.45) is 0 Å². The maximum atomic E-state index is 13.2. The fraction of sp³-hybridized carbons (Fsp3) is 0.333. The summed E-state index contributed by atoms with van der Waals surface area (Å²) < 4.78 is 14.8. The van der Waals surface area contributed by atoms with E-state index in [4.69, 9.17) is 0 Å². The molecule has 4 rings (SSSR count). The van der Waals surface area contributed by atoms with Gasteiger partial charge in [0.15, 0.2) is 5.65 Å². The van der Waals surface area contributed by atoms with Gasteiger partial charge in [-0.1, -0.05) is 12.1 Å². The molecule has 1 aliphatic heterocycles. The van der Waals surface area contributed by atoms with E-state index in [1.807, 2.05) is 11.0 Å². The van der Waals surface area contributed by atoms with E-state index in [0.717, 1.165) is 30.5 Å². The molecule has 0 aliphatic carbocycles. The predicted octanol–water partition coefficient (Wildman–Crippen LogP) is 2.52. The van der Waals surface area contributed by atoms with Gasteiger partial charge in [-0.2, -0.15) is 5.10 Å². The first-order chi connectivity index (χ1) is 14.1. The molecule has 1 aliphatic rings. The molecule has 1 fully saturated rings. The molecule has 0 spiro atoms. The minimum absolute atomic E-state index is 0.00930. The van der Waals surface area contributed by atoms with Crippen LogP contribution in [0.5, 0.6) is 0 Å². The molecule has 1 atom stereocenters. The molecule has 8 heteroatoms. The molecular formula is C21H22FN5O2. The fourth-order valence-electron chi connectivity index (χ4n) is 3.87. The lowest BCUT2D eigenvalue weighted by molar-refractivity contribution is -0.134. The third kappa shape index (κ3) is 3.70. The highest BCUT2D eigenvalue weighted by molar-refractivity contribution is 5.99. The summed E-state index contributed by atoms with van der Waals surface area (Å²) in [6, 6.07) is 7.71. The van der Waals surface area contributed by atoms with Crippen molar-refractivity contribution in [3.63, 3.8) is 0 Å². The van der Waals surface area contributed by atoms with E-state index >= 15 is 0 Å². The third-order valence-electron chi connectivity index (χ3n) is 5.34. The van der Waals surface area contributed by atoms with Gasteiger partial charge in [-0.15, -0.1) is 0 Å². The number of fused-ring (bicyclic) bond motifs is 1. The second-order valence-corrected chi connectivity index (χ2v) is 7.14. The van der Waals surface area contributed by atoms with Crippen LogP contribution in [-0.4, -0.2) is 44.9 Å². The number of nitrogens with zero attached hydrogens (tertiary/aromatic N) is 4. The Balaban J connectivity index is 1.65. The van der Waals surface area contributed by atoms with E-state index in [1.54, 1.807) is 29.9 Å². The summed E-state index contributed by atoms with van der Waals surface area (Å²) in [5.41, 5.74) is 2.48. The van der Waals surface area contributed by atoms with Crippen molar-refractivity contribution in [2.75, 3.05) is 13.6 Å². The van der Waals surface area contributed by atoms with E-state index in [-0.39, 0.29) is 30.1 Å². The Morgan fingerprint density at radius 2 is 2.00 bits per heavy atom. The maximum Gasteiger partial charge on any atom is 0.256 e. The van der Waals surface area contributed by atoms with E-state index < -0.39 is 0 Å². The number of hydrogen-bond acceptors (Lipinski definition) is 4. The van der Waals surface area contributed by atoms with Crippen LogP contribution in [-0.2, 0) is 11.2 Å². The van der Waals surface area contributed by atoms with E-state index in [1.165, 1.54) is 18.3 Å². The topological polar surface area (TPSA) is 79.6 Å². The number of benzene rings is 1. The molecule has 0 bridgehead atoms. The van der Waals surface area contributed by atoms with E-state index in [0.29, 0.717) is 17.8 Å². The third-order valence-corrected chi connectivity index (χ3v) is 5.34. The number of likely N-dealkylation sites (tertiary alicyclic amines) is 1. The summed E-state index contributed by atoms with van der Waals surface area (Å²) in [4.78, 5) is 31.3. The van der Waals surface area contributed by atoms with Gasteiger partial charge >= 0.3 is 0 Å². The van der Waals surface area contributed by atoms with Crippen LogP contribution in [0.15, 0.2) is 42.7 Å². The Morgan fingerprint density at radius 3 is 2.76 bits per heavy atom. The van der Waals surface area contributed by atoms with Crippen LogP contribution in [0, 0.1) is 5.82 Å². The van der Waals surface area contributed by atoms with E-state index in [2.05, 4.69) is 15.4 Å². The predicted molar refractivity (Wildman–Crippen MR) is 105 cm³/mol. The van der Waals surface area contributed by atoms with Crippen LogP contribution in [0.25, 0.3) is 5.65 Å². The number of piperidine rings is 1. The molecule has 2 aromatic heterocycles. The molecule has 0 saturated carbocycles. The number of carbonyl (C=O) groups is 2.